The molecule has 0 aliphatic rings. The van der Waals surface area contributed by atoms with Gasteiger partial charge in [0.25, 0.3) is 0 Å². The van der Waals surface area contributed by atoms with Gasteiger partial charge in [-0.15, -0.1) is 0 Å². The highest BCUT2D eigenvalue weighted by Crippen LogP contribution is 2.53. The molecule has 2 aromatic carbocycles. The highest BCUT2D eigenvalue weighted by Gasteiger charge is 2.31. The lowest BCUT2D eigenvalue weighted by molar-refractivity contribution is 0.183. The average Bonchev–Trinajstić information content (AvgIpc) is 2.52. The van der Waals surface area contributed by atoms with Crippen LogP contribution < -0.4 is 0 Å². The van der Waals surface area contributed by atoms with Crippen LogP contribution in [0.25, 0.3) is 0 Å². The van der Waals surface area contributed by atoms with E-state index in [1.807, 2.05) is 81.4 Å². The van der Waals surface area contributed by atoms with E-state index in [1.54, 1.807) is 0 Å². The summed E-state index contributed by atoms with van der Waals surface area (Å²) in [6, 6.07) is 19.5. The van der Waals surface area contributed by atoms with Crippen LogP contribution in [0.15, 0.2) is 60.7 Å². The number of hydrogen-bond acceptors (Lipinski definition) is 3. The van der Waals surface area contributed by atoms with Crippen molar-refractivity contribution in [2.24, 2.45) is 5.41 Å². The van der Waals surface area contributed by atoms with Crippen molar-refractivity contribution in [1.82, 2.24) is 0 Å². The minimum absolute atomic E-state index is 0.136. The van der Waals surface area contributed by atoms with Gasteiger partial charge in [0.2, 0.25) is 0 Å². The Balaban J connectivity index is 2.04. The quantitative estimate of drug-likeness (QED) is 0.614. The summed E-state index contributed by atoms with van der Waals surface area (Å²) < 4.78 is 24.6. The van der Waals surface area contributed by atoms with Crippen LogP contribution in [0.5, 0.6) is 0 Å². The standard InChI is InChI=1S/C19H25O3P/c1-19(2,3)16-23(20,21-14-17-10-6-4-7-11-17)22-15-18-12-8-5-9-13-18/h4-13H,14-16H2,1-3H3. The van der Waals surface area contributed by atoms with E-state index >= 15 is 0 Å². The molecule has 0 radical (unpaired) electrons. The molecular weight excluding hydrogens is 307 g/mol. The van der Waals surface area contributed by atoms with Crippen LogP contribution in [-0.2, 0) is 26.8 Å². The third-order valence-electron chi connectivity index (χ3n) is 3.21. The Morgan fingerprint density at radius 1 is 0.783 bits per heavy atom. The maximum Gasteiger partial charge on any atom is 0.331 e. The second kappa shape index (κ2) is 7.92. The van der Waals surface area contributed by atoms with Gasteiger partial charge in [0, 0.05) is 0 Å². The maximum atomic E-state index is 13.1. The topological polar surface area (TPSA) is 35.5 Å². The molecule has 0 heterocycles. The van der Waals surface area contributed by atoms with Crippen LogP contribution in [0.1, 0.15) is 31.9 Å². The van der Waals surface area contributed by atoms with Crippen LogP contribution in [0.3, 0.4) is 0 Å². The van der Waals surface area contributed by atoms with Crippen molar-refractivity contribution < 1.29 is 13.6 Å². The minimum Gasteiger partial charge on any atom is -0.304 e. The highest BCUT2D eigenvalue weighted by molar-refractivity contribution is 7.53. The van der Waals surface area contributed by atoms with Gasteiger partial charge in [0.05, 0.1) is 19.4 Å². The van der Waals surface area contributed by atoms with Crippen LogP contribution in [-0.4, -0.2) is 6.16 Å². The summed E-state index contributed by atoms with van der Waals surface area (Å²) in [5, 5.41) is 0. The average molecular weight is 332 g/mol. The van der Waals surface area contributed by atoms with Crippen molar-refractivity contribution in [2.75, 3.05) is 6.16 Å². The zero-order chi connectivity index (χ0) is 16.8. The molecule has 2 aromatic rings. The summed E-state index contributed by atoms with van der Waals surface area (Å²) in [6.45, 7) is 6.71. The largest absolute Gasteiger partial charge is 0.331 e. The van der Waals surface area contributed by atoms with E-state index in [2.05, 4.69) is 0 Å². The Labute approximate surface area is 139 Å². The smallest absolute Gasteiger partial charge is 0.304 e. The van der Waals surface area contributed by atoms with Crippen LogP contribution in [0.4, 0.5) is 0 Å². The van der Waals surface area contributed by atoms with Gasteiger partial charge < -0.3 is 9.05 Å². The van der Waals surface area contributed by atoms with Gasteiger partial charge in [-0.2, -0.15) is 0 Å². The molecule has 0 spiro atoms. The SMILES string of the molecule is CC(C)(C)CP(=O)(OCc1ccccc1)OCc1ccccc1. The Morgan fingerprint density at radius 3 is 1.52 bits per heavy atom. The van der Waals surface area contributed by atoms with Gasteiger partial charge in [-0.3, -0.25) is 4.57 Å². The second-order valence-corrected chi connectivity index (χ2v) is 8.90. The number of hydrogen-bond donors (Lipinski definition) is 0. The third kappa shape index (κ3) is 6.70. The van der Waals surface area contributed by atoms with Gasteiger partial charge in [-0.05, 0) is 16.5 Å². The molecule has 4 heteroatoms. The fourth-order valence-corrected chi connectivity index (χ4v) is 4.31. The third-order valence-corrected chi connectivity index (χ3v) is 5.59. The molecule has 0 saturated heterocycles. The van der Waals surface area contributed by atoms with E-state index in [1.165, 1.54) is 0 Å². The predicted molar refractivity (Wildman–Crippen MR) is 94.4 cm³/mol. The molecule has 0 fully saturated rings. The molecule has 0 aromatic heterocycles. The lowest BCUT2D eigenvalue weighted by Crippen LogP contribution is -2.15. The zero-order valence-corrected chi connectivity index (χ0v) is 15.0. The normalized spacial score (nSPS) is 12.3. The molecule has 0 saturated carbocycles. The van der Waals surface area contributed by atoms with Crippen molar-refractivity contribution >= 4 is 7.60 Å². The van der Waals surface area contributed by atoms with Crippen molar-refractivity contribution in [3.8, 4) is 0 Å². The van der Waals surface area contributed by atoms with Crippen LogP contribution in [0, 0.1) is 5.41 Å². The summed E-state index contributed by atoms with van der Waals surface area (Å²) in [7, 11) is -3.17. The van der Waals surface area contributed by atoms with Gasteiger partial charge >= 0.3 is 7.60 Å². The molecule has 2 rings (SSSR count). The molecule has 0 amide bonds. The molecule has 0 atom stereocenters. The fraction of sp³-hybridized carbons (Fsp3) is 0.368. The fourth-order valence-electron chi connectivity index (χ4n) is 2.20. The van der Waals surface area contributed by atoms with Gasteiger partial charge in [-0.1, -0.05) is 81.4 Å². The van der Waals surface area contributed by atoms with Crippen molar-refractivity contribution in [3.63, 3.8) is 0 Å². The van der Waals surface area contributed by atoms with Crippen LogP contribution in [0.2, 0.25) is 0 Å². The van der Waals surface area contributed by atoms with Crippen molar-refractivity contribution in [3.05, 3.63) is 71.8 Å². The molecule has 0 bridgehead atoms. The summed E-state index contributed by atoms with van der Waals surface area (Å²) in [5.41, 5.74) is 1.85. The Kier molecular flexibility index (Phi) is 6.17. The first-order chi connectivity index (χ1) is 10.9. The second-order valence-electron chi connectivity index (χ2n) is 6.85. The molecule has 23 heavy (non-hydrogen) atoms. The maximum absolute atomic E-state index is 13.1. The van der Waals surface area contributed by atoms with Gasteiger partial charge in [0.1, 0.15) is 0 Å². The lowest BCUT2D eigenvalue weighted by atomic mass is 10.0. The van der Waals surface area contributed by atoms with Gasteiger partial charge in [-0.25, -0.2) is 0 Å². The summed E-state index contributed by atoms with van der Waals surface area (Å²) in [4.78, 5) is 0. The molecule has 3 nitrogen and oxygen atoms in total. The van der Waals surface area contributed by atoms with Crippen molar-refractivity contribution in [1.29, 1.82) is 0 Å². The molecule has 0 N–H and O–H groups in total. The monoisotopic (exact) mass is 332 g/mol. The predicted octanol–water partition coefficient (Wildman–Crippen LogP) is 5.66. The summed E-state index contributed by atoms with van der Waals surface area (Å²) in [5.74, 6) is 0. The van der Waals surface area contributed by atoms with E-state index < -0.39 is 7.60 Å². The minimum atomic E-state index is -3.17. The van der Waals surface area contributed by atoms with E-state index in [9.17, 15) is 4.57 Å². The lowest BCUT2D eigenvalue weighted by Gasteiger charge is -2.26. The van der Waals surface area contributed by atoms with E-state index in [0.29, 0.717) is 19.4 Å². The van der Waals surface area contributed by atoms with Crippen LogP contribution >= 0.6 is 7.60 Å². The van der Waals surface area contributed by atoms with E-state index in [0.717, 1.165) is 11.1 Å². The molecule has 124 valence electrons. The van der Waals surface area contributed by atoms with Crippen molar-refractivity contribution in [2.45, 2.75) is 34.0 Å². The summed E-state index contributed by atoms with van der Waals surface area (Å²) in [6.07, 6.45) is 0.389. The highest BCUT2D eigenvalue weighted by atomic mass is 31.2. The first-order valence-corrected chi connectivity index (χ1v) is 9.55. The van der Waals surface area contributed by atoms with E-state index in [4.69, 9.17) is 9.05 Å². The molecule has 0 aliphatic heterocycles. The first-order valence-electron chi connectivity index (χ1n) is 7.82. The molecule has 0 unspecified atom stereocenters. The Morgan fingerprint density at radius 2 is 1.17 bits per heavy atom. The zero-order valence-electron chi connectivity index (χ0n) is 14.1. The summed E-state index contributed by atoms with van der Waals surface area (Å²) >= 11 is 0. The Bertz CT molecular complexity index is 585. The first kappa shape index (κ1) is 17.9. The van der Waals surface area contributed by atoms with E-state index in [-0.39, 0.29) is 5.41 Å². The molecular formula is C19H25O3P. The van der Waals surface area contributed by atoms with Gasteiger partial charge in [0.15, 0.2) is 0 Å². The molecule has 0 aliphatic carbocycles. The number of benzene rings is 2. The Hall–Kier alpha value is -1.41. The number of rotatable bonds is 7.